The summed E-state index contributed by atoms with van der Waals surface area (Å²) >= 11 is 0. The second-order valence-corrected chi connectivity index (χ2v) is 3.48. The van der Waals surface area contributed by atoms with Crippen molar-refractivity contribution in [1.82, 2.24) is 15.0 Å². The SMILES string of the molecule is O=C(Nc1cc(C(F)(F)F)ccn1)c1ccncn1. The van der Waals surface area contributed by atoms with Gasteiger partial charge in [0.25, 0.3) is 5.91 Å². The number of rotatable bonds is 2. The van der Waals surface area contributed by atoms with Gasteiger partial charge in [0.1, 0.15) is 17.8 Å². The number of halogens is 3. The minimum absolute atomic E-state index is 0.0363. The zero-order valence-corrected chi connectivity index (χ0v) is 9.35. The van der Waals surface area contributed by atoms with Gasteiger partial charge in [-0.15, -0.1) is 0 Å². The molecule has 0 fully saturated rings. The number of hydrogen-bond donors (Lipinski definition) is 1. The van der Waals surface area contributed by atoms with Crippen LogP contribution in [0.25, 0.3) is 0 Å². The van der Waals surface area contributed by atoms with Crippen LogP contribution in [0, 0.1) is 0 Å². The minimum atomic E-state index is -4.49. The van der Waals surface area contributed by atoms with Crippen LogP contribution in [-0.4, -0.2) is 20.9 Å². The third-order valence-corrected chi connectivity index (χ3v) is 2.14. The van der Waals surface area contributed by atoms with E-state index in [4.69, 9.17) is 0 Å². The van der Waals surface area contributed by atoms with E-state index in [0.717, 1.165) is 24.7 Å². The Labute approximate surface area is 105 Å². The molecule has 0 saturated carbocycles. The standard InChI is InChI=1S/C11H7F3N4O/c12-11(13,14)7-1-4-16-9(5-7)18-10(19)8-2-3-15-6-17-8/h1-6H,(H,16,18,19). The van der Waals surface area contributed by atoms with Crippen LogP contribution in [0.15, 0.2) is 36.9 Å². The lowest BCUT2D eigenvalue weighted by molar-refractivity contribution is -0.137. The lowest BCUT2D eigenvalue weighted by Crippen LogP contribution is -2.15. The number of carbonyl (C=O) groups is 1. The third-order valence-electron chi connectivity index (χ3n) is 2.14. The van der Waals surface area contributed by atoms with E-state index in [1.165, 1.54) is 12.3 Å². The van der Waals surface area contributed by atoms with Crippen molar-refractivity contribution >= 4 is 11.7 Å². The van der Waals surface area contributed by atoms with Gasteiger partial charge in [0.15, 0.2) is 0 Å². The summed E-state index contributed by atoms with van der Waals surface area (Å²) in [5, 5.41) is 2.23. The third kappa shape index (κ3) is 3.24. The molecule has 0 aliphatic carbocycles. The van der Waals surface area contributed by atoms with Gasteiger partial charge in [-0.2, -0.15) is 13.2 Å². The van der Waals surface area contributed by atoms with Gasteiger partial charge >= 0.3 is 6.18 Å². The zero-order chi connectivity index (χ0) is 13.9. The Morgan fingerprint density at radius 3 is 2.58 bits per heavy atom. The predicted molar refractivity (Wildman–Crippen MR) is 59.2 cm³/mol. The number of carbonyl (C=O) groups excluding carboxylic acids is 1. The van der Waals surface area contributed by atoms with Crippen molar-refractivity contribution in [2.45, 2.75) is 6.18 Å². The number of anilines is 1. The number of amides is 1. The molecule has 0 radical (unpaired) electrons. The van der Waals surface area contributed by atoms with Crippen molar-refractivity contribution in [2.24, 2.45) is 0 Å². The maximum Gasteiger partial charge on any atom is 0.416 e. The summed E-state index contributed by atoms with van der Waals surface area (Å²) in [7, 11) is 0. The molecule has 8 heteroatoms. The zero-order valence-electron chi connectivity index (χ0n) is 9.35. The fourth-order valence-electron chi connectivity index (χ4n) is 1.28. The Kier molecular flexibility index (Phi) is 3.41. The number of hydrogen-bond acceptors (Lipinski definition) is 4. The molecule has 98 valence electrons. The molecule has 0 spiro atoms. The Morgan fingerprint density at radius 1 is 1.16 bits per heavy atom. The van der Waals surface area contributed by atoms with Crippen LogP contribution >= 0.6 is 0 Å². The largest absolute Gasteiger partial charge is 0.416 e. The normalized spacial score (nSPS) is 11.1. The quantitative estimate of drug-likeness (QED) is 0.906. The molecule has 0 unspecified atom stereocenters. The molecule has 2 heterocycles. The van der Waals surface area contributed by atoms with Crippen LogP contribution in [0.3, 0.4) is 0 Å². The van der Waals surface area contributed by atoms with Crippen LogP contribution in [0.4, 0.5) is 19.0 Å². The predicted octanol–water partition coefficient (Wildman–Crippen LogP) is 2.14. The van der Waals surface area contributed by atoms with E-state index in [2.05, 4.69) is 20.3 Å². The molecule has 1 amide bonds. The van der Waals surface area contributed by atoms with Gasteiger partial charge in [0.2, 0.25) is 0 Å². The maximum absolute atomic E-state index is 12.5. The van der Waals surface area contributed by atoms with Gasteiger partial charge in [-0.1, -0.05) is 0 Å². The van der Waals surface area contributed by atoms with Crippen LogP contribution < -0.4 is 5.32 Å². The van der Waals surface area contributed by atoms with E-state index in [-0.39, 0.29) is 11.5 Å². The first-order valence-corrected chi connectivity index (χ1v) is 5.07. The number of nitrogens with one attached hydrogen (secondary N) is 1. The first-order valence-electron chi connectivity index (χ1n) is 5.07. The van der Waals surface area contributed by atoms with E-state index >= 15 is 0 Å². The second-order valence-electron chi connectivity index (χ2n) is 3.48. The molecule has 0 aliphatic rings. The van der Waals surface area contributed by atoms with E-state index in [9.17, 15) is 18.0 Å². The van der Waals surface area contributed by atoms with E-state index in [1.54, 1.807) is 0 Å². The minimum Gasteiger partial charge on any atom is -0.305 e. The van der Waals surface area contributed by atoms with Crippen LogP contribution in [-0.2, 0) is 6.18 Å². The summed E-state index contributed by atoms with van der Waals surface area (Å²) in [5.74, 6) is -0.854. The fraction of sp³-hybridized carbons (Fsp3) is 0.0909. The van der Waals surface area contributed by atoms with E-state index < -0.39 is 17.6 Å². The van der Waals surface area contributed by atoms with Crippen molar-refractivity contribution in [3.63, 3.8) is 0 Å². The van der Waals surface area contributed by atoms with Gasteiger partial charge in [0.05, 0.1) is 5.56 Å². The van der Waals surface area contributed by atoms with Crippen molar-refractivity contribution < 1.29 is 18.0 Å². The van der Waals surface area contributed by atoms with Crippen molar-refractivity contribution in [1.29, 1.82) is 0 Å². The average Bonchev–Trinajstić information content (AvgIpc) is 2.39. The molecular weight excluding hydrogens is 261 g/mol. The van der Waals surface area contributed by atoms with Gasteiger partial charge in [0, 0.05) is 12.4 Å². The molecular formula is C11H7F3N4O. The fourth-order valence-corrected chi connectivity index (χ4v) is 1.28. The lowest BCUT2D eigenvalue weighted by Gasteiger charge is -2.08. The second kappa shape index (κ2) is 5.01. The molecule has 2 aromatic rings. The van der Waals surface area contributed by atoms with Crippen LogP contribution in [0.5, 0.6) is 0 Å². The summed E-state index contributed by atoms with van der Waals surface area (Å²) < 4.78 is 37.4. The van der Waals surface area contributed by atoms with Crippen LogP contribution in [0.1, 0.15) is 16.1 Å². The molecule has 0 aromatic carbocycles. The molecule has 0 saturated heterocycles. The molecule has 0 atom stereocenters. The number of pyridine rings is 1. The number of alkyl halides is 3. The summed E-state index contributed by atoms with van der Waals surface area (Å²) in [6, 6.07) is 2.91. The first-order chi connectivity index (χ1) is 8.97. The number of aromatic nitrogens is 3. The van der Waals surface area contributed by atoms with Gasteiger partial charge < -0.3 is 5.32 Å². The Balaban J connectivity index is 2.18. The highest BCUT2D eigenvalue weighted by atomic mass is 19.4. The highest BCUT2D eigenvalue weighted by Crippen LogP contribution is 2.29. The van der Waals surface area contributed by atoms with Crippen molar-refractivity contribution in [3.8, 4) is 0 Å². The van der Waals surface area contributed by atoms with E-state index in [0.29, 0.717) is 0 Å². The summed E-state index contributed by atoms with van der Waals surface area (Å²) in [6.45, 7) is 0. The molecule has 5 nitrogen and oxygen atoms in total. The average molecular weight is 268 g/mol. The van der Waals surface area contributed by atoms with Crippen molar-refractivity contribution in [3.05, 3.63) is 48.2 Å². The summed E-state index contributed by atoms with van der Waals surface area (Å²) in [5.41, 5.74) is -0.852. The van der Waals surface area contributed by atoms with Gasteiger partial charge in [-0.3, -0.25) is 4.79 Å². The van der Waals surface area contributed by atoms with Crippen LogP contribution in [0.2, 0.25) is 0 Å². The first kappa shape index (κ1) is 12.9. The molecule has 2 aromatic heterocycles. The highest BCUT2D eigenvalue weighted by Gasteiger charge is 2.30. The number of nitrogens with zero attached hydrogens (tertiary/aromatic N) is 3. The highest BCUT2D eigenvalue weighted by molar-refractivity contribution is 6.02. The Bertz CT molecular complexity index is 586. The Morgan fingerprint density at radius 2 is 1.95 bits per heavy atom. The molecule has 0 aliphatic heterocycles. The Hall–Kier alpha value is -2.51. The molecule has 2 rings (SSSR count). The van der Waals surface area contributed by atoms with Gasteiger partial charge in [-0.25, -0.2) is 15.0 Å². The summed E-state index contributed by atoms with van der Waals surface area (Å²) in [4.78, 5) is 22.6. The lowest BCUT2D eigenvalue weighted by atomic mass is 10.2. The van der Waals surface area contributed by atoms with Gasteiger partial charge in [-0.05, 0) is 18.2 Å². The maximum atomic E-state index is 12.5. The van der Waals surface area contributed by atoms with E-state index in [1.807, 2.05) is 0 Å². The van der Waals surface area contributed by atoms with Crippen molar-refractivity contribution in [2.75, 3.05) is 5.32 Å². The topological polar surface area (TPSA) is 67.8 Å². The summed E-state index contributed by atoms with van der Waals surface area (Å²) in [6.07, 6.45) is -1.01. The molecule has 19 heavy (non-hydrogen) atoms. The molecule has 1 N–H and O–H groups in total. The molecule has 0 bridgehead atoms. The monoisotopic (exact) mass is 268 g/mol. The smallest absolute Gasteiger partial charge is 0.305 e.